The Morgan fingerprint density at radius 3 is 2.48 bits per heavy atom. The highest BCUT2D eigenvalue weighted by molar-refractivity contribution is 7.99. The Balaban J connectivity index is 1.66. The monoisotopic (exact) mass is 386 g/mol. The number of nitrogens with one attached hydrogen (secondary N) is 1. The second-order valence-electron chi connectivity index (χ2n) is 6.10. The van der Waals surface area contributed by atoms with Crippen molar-refractivity contribution in [2.75, 3.05) is 18.2 Å². The Morgan fingerprint density at radius 1 is 1.19 bits per heavy atom. The number of thioether (sulfide) groups is 1. The first kappa shape index (κ1) is 19.0. The minimum Gasteiger partial charge on any atom is -0.497 e. The van der Waals surface area contributed by atoms with Gasteiger partial charge in [0.1, 0.15) is 5.75 Å². The number of aryl methyl sites for hydroxylation is 2. The third-order valence-electron chi connectivity index (χ3n) is 4.29. The van der Waals surface area contributed by atoms with E-state index in [9.17, 15) is 4.79 Å². The summed E-state index contributed by atoms with van der Waals surface area (Å²) in [5.74, 6) is 1.66. The van der Waals surface area contributed by atoms with E-state index in [1.807, 2.05) is 56.8 Å². The van der Waals surface area contributed by atoms with Crippen LogP contribution in [-0.4, -0.2) is 43.3 Å². The van der Waals surface area contributed by atoms with E-state index in [0.717, 1.165) is 34.2 Å². The van der Waals surface area contributed by atoms with Gasteiger partial charge in [-0.1, -0.05) is 11.8 Å². The van der Waals surface area contributed by atoms with Crippen LogP contribution in [-0.2, 0) is 18.9 Å². The van der Waals surface area contributed by atoms with Crippen LogP contribution in [0.2, 0.25) is 0 Å². The molecule has 3 aromatic rings. The predicted molar refractivity (Wildman–Crippen MR) is 105 cm³/mol. The van der Waals surface area contributed by atoms with Crippen LogP contribution in [0.4, 0.5) is 5.69 Å². The molecule has 9 heteroatoms. The highest BCUT2D eigenvalue weighted by Gasteiger charge is 2.15. The average molecular weight is 386 g/mol. The lowest BCUT2D eigenvalue weighted by atomic mass is 10.2. The molecule has 0 unspecified atom stereocenters. The van der Waals surface area contributed by atoms with Crippen LogP contribution in [0.5, 0.6) is 5.75 Å². The van der Waals surface area contributed by atoms with Gasteiger partial charge in [-0.05, 0) is 38.1 Å². The minimum atomic E-state index is -0.104. The second kappa shape index (κ2) is 7.83. The van der Waals surface area contributed by atoms with Gasteiger partial charge in [-0.15, -0.1) is 10.2 Å². The number of methoxy groups -OCH3 is 1. The summed E-state index contributed by atoms with van der Waals surface area (Å²) in [6.07, 6.45) is 0. The number of amides is 1. The van der Waals surface area contributed by atoms with Gasteiger partial charge in [0.2, 0.25) is 5.91 Å². The van der Waals surface area contributed by atoms with E-state index in [0.29, 0.717) is 5.16 Å². The normalized spacial score (nSPS) is 10.9. The zero-order valence-corrected chi connectivity index (χ0v) is 16.8. The zero-order valence-electron chi connectivity index (χ0n) is 16.0. The van der Waals surface area contributed by atoms with Crippen LogP contribution >= 0.6 is 11.8 Å². The lowest BCUT2D eigenvalue weighted by Crippen LogP contribution is -2.15. The maximum Gasteiger partial charge on any atom is 0.234 e. The van der Waals surface area contributed by atoms with Crippen molar-refractivity contribution in [2.45, 2.75) is 19.0 Å². The van der Waals surface area contributed by atoms with E-state index >= 15 is 0 Å². The average Bonchev–Trinajstić information content (AvgIpc) is 3.14. The molecule has 0 radical (unpaired) electrons. The van der Waals surface area contributed by atoms with Crippen molar-refractivity contribution < 1.29 is 9.53 Å². The summed E-state index contributed by atoms with van der Waals surface area (Å²) in [6.45, 7) is 3.80. The summed E-state index contributed by atoms with van der Waals surface area (Å²) < 4.78 is 8.80. The smallest absolute Gasteiger partial charge is 0.234 e. The van der Waals surface area contributed by atoms with Gasteiger partial charge in [0.15, 0.2) is 11.0 Å². The van der Waals surface area contributed by atoms with Gasteiger partial charge >= 0.3 is 0 Å². The zero-order chi connectivity index (χ0) is 19.6. The van der Waals surface area contributed by atoms with Crippen LogP contribution in [0.25, 0.3) is 11.4 Å². The molecule has 0 fully saturated rings. The summed E-state index contributed by atoms with van der Waals surface area (Å²) in [6, 6.07) is 7.61. The first-order valence-corrected chi connectivity index (χ1v) is 9.36. The van der Waals surface area contributed by atoms with Gasteiger partial charge < -0.3 is 14.6 Å². The Morgan fingerprint density at radius 2 is 1.89 bits per heavy atom. The molecule has 0 spiro atoms. The number of rotatable bonds is 6. The molecule has 142 valence electrons. The third-order valence-corrected chi connectivity index (χ3v) is 5.31. The number of hydrogen-bond acceptors (Lipinski definition) is 6. The van der Waals surface area contributed by atoms with Gasteiger partial charge in [0, 0.05) is 19.7 Å². The first-order valence-electron chi connectivity index (χ1n) is 8.37. The van der Waals surface area contributed by atoms with Crippen molar-refractivity contribution in [2.24, 2.45) is 14.1 Å². The lowest BCUT2D eigenvalue weighted by Gasteiger charge is -2.06. The molecule has 0 saturated carbocycles. The topological polar surface area (TPSA) is 86.9 Å². The molecule has 0 atom stereocenters. The largest absolute Gasteiger partial charge is 0.497 e. The van der Waals surface area contributed by atoms with E-state index in [1.165, 1.54) is 11.8 Å². The number of hydrogen-bond donors (Lipinski definition) is 1. The van der Waals surface area contributed by atoms with E-state index in [2.05, 4.69) is 20.6 Å². The van der Waals surface area contributed by atoms with Crippen LogP contribution in [0.3, 0.4) is 0 Å². The Bertz CT molecular complexity index is 961. The number of carbonyl (C=O) groups is 1. The minimum absolute atomic E-state index is 0.104. The van der Waals surface area contributed by atoms with Crippen LogP contribution in [0.15, 0.2) is 29.4 Å². The number of aromatic nitrogens is 5. The lowest BCUT2D eigenvalue weighted by molar-refractivity contribution is -0.113. The molecular formula is C18H22N6O2S. The van der Waals surface area contributed by atoms with Gasteiger partial charge in [0.25, 0.3) is 0 Å². The molecule has 0 bridgehead atoms. The molecule has 8 nitrogen and oxygen atoms in total. The summed E-state index contributed by atoms with van der Waals surface area (Å²) in [5, 5.41) is 16.3. The SMILES string of the molecule is COc1ccc(-c2nnc(SCC(=O)Nc3c(C)nn(C)c3C)n2C)cc1. The van der Waals surface area contributed by atoms with Crippen LogP contribution in [0.1, 0.15) is 11.4 Å². The standard InChI is InChI=1S/C18H22N6O2S/c1-11-16(12(2)24(4)22-11)19-15(25)10-27-18-21-20-17(23(18)3)13-6-8-14(26-5)9-7-13/h6-9H,10H2,1-5H3,(H,19,25). The number of ether oxygens (including phenoxy) is 1. The third kappa shape index (κ3) is 3.97. The Kier molecular flexibility index (Phi) is 5.50. The van der Waals surface area contributed by atoms with Crippen molar-refractivity contribution in [3.05, 3.63) is 35.7 Å². The van der Waals surface area contributed by atoms with Gasteiger partial charge in [-0.2, -0.15) is 5.10 Å². The second-order valence-corrected chi connectivity index (χ2v) is 7.04. The fourth-order valence-electron chi connectivity index (χ4n) is 2.69. The van der Waals surface area contributed by atoms with Crippen LogP contribution in [0, 0.1) is 13.8 Å². The molecule has 1 amide bonds. The molecule has 0 aliphatic carbocycles. The number of nitrogens with zero attached hydrogens (tertiary/aromatic N) is 5. The summed E-state index contributed by atoms with van der Waals surface area (Å²) in [7, 11) is 5.37. The molecule has 27 heavy (non-hydrogen) atoms. The molecule has 0 aliphatic heterocycles. The number of benzene rings is 1. The van der Waals surface area contributed by atoms with Gasteiger partial charge in [-0.3, -0.25) is 9.48 Å². The van der Waals surface area contributed by atoms with Crippen molar-refractivity contribution in [1.29, 1.82) is 0 Å². The summed E-state index contributed by atoms with van der Waals surface area (Å²) in [4.78, 5) is 12.3. The molecule has 1 N–H and O–H groups in total. The quantitative estimate of drug-likeness (QED) is 0.655. The molecule has 1 aromatic carbocycles. The van der Waals surface area contributed by atoms with Crippen LogP contribution < -0.4 is 10.1 Å². The maximum absolute atomic E-state index is 12.3. The van der Waals surface area contributed by atoms with Crippen molar-refractivity contribution in [3.8, 4) is 17.1 Å². The van der Waals surface area contributed by atoms with E-state index in [-0.39, 0.29) is 11.7 Å². The van der Waals surface area contributed by atoms with Crippen molar-refractivity contribution >= 4 is 23.4 Å². The predicted octanol–water partition coefficient (Wildman–Crippen LogP) is 2.57. The van der Waals surface area contributed by atoms with Crippen molar-refractivity contribution in [1.82, 2.24) is 24.5 Å². The Hall–Kier alpha value is -2.81. The summed E-state index contributed by atoms with van der Waals surface area (Å²) in [5.41, 5.74) is 3.42. The first-order chi connectivity index (χ1) is 12.9. The van der Waals surface area contributed by atoms with Gasteiger partial charge in [-0.25, -0.2) is 0 Å². The maximum atomic E-state index is 12.3. The molecule has 2 aromatic heterocycles. The highest BCUT2D eigenvalue weighted by atomic mass is 32.2. The number of carbonyl (C=O) groups excluding carboxylic acids is 1. The Labute approximate surface area is 161 Å². The molecule has 3 rings (SSSR count). The van der Waals surface area contributed by atoms with E-state index in [4.69, 9.17) is 4.74 Å². The highest BCUT2D eigenvalue weighted by Crippen LogP contribution is 2.25. The fraction of sp³-hybridized carbons (Fsp3) is 0.333. The molecule has 0 saturated heterocycles. The van der Waals surface area contributed by atoms with E-state index < -0.39 is 0 Å². The van der Waals surface area contributed by atoms with Gasteiger partial charge in [0.05, 0.1) is 29.9 Å². The number of anilines is 1. The molecule has 2 heterocycles. The summed E-state index contributed by atoms with van der Waals surface area (Å²) >= 11 is 1.34. The fourth-order valence-corrected chi connectivity index (χ4v) is 3.40. The van der Waals surface area contributed by atoms with E-state index in [1.54, 1.807) is 11.8 Å². The van der Waals surface area contributed by atoms with Crippen molar-refractivity contribution in [3.63, 3.8) is 0 Å². The molecular weight excluding hydrogens is 364 g/mol. The molecule has 0 aliphatic rings.